The summed E-state index contributed by atoms with van der Waals surface area (Å²) in [6.45, 7) is 4.01. The number of nitrogens with zero attached hydrogens (tertiary/aromatic N) is 3. The molecule has 210 valence electrons. The predicted octanol–water partition coefficient (Wildman–Crippen LogP) is 1.84. The molecule has 5 rings (SSSR count). The number of carbonyl (C=O) groups excluding carboxylic acids is 3. The average molecular weight is 546 g/mol. The number of piperazine rings is 1. The maximum atomic E-state index is 13.8. The lowest BCUT2D eigenvalue weighted by atomic mass is 9.96. The number of benzene rings is 2. The first-order valence-corrected chi connectivity index (χ1v) is 13.9. The molecule has 0 aromatic heterocycles. The van der Waals surface area contributed by atoms with Gasteiger partial charge in [0.05, 0.1) is 42.1 Å². The normalized spacial score (nSPS) is 25.8. The Hall–Kier alpha value is -3.94. The van der Waals surface area contributed by atoms with Crippen LogP contribution in [0.15, 0.2) is 48.5 Å². The summed E-state index contributed by atoms with van der Waals surface area (Å²) in [5.41, 5.74) is 2.06. The number of amides is 3. The summed E-state index contributed by atoms with van der Waals surface area (Å²) in [4.78, 5) is 43.1. The van der Waals surface area contributed by atoms with Gasteiger partial charge in [0.15, 0.2) is 0 Å². The van der Waals surface area contributed by atoms with Crippen LogP contribution in [0.25, 0.3) is 0 Å². The smallest absolute Gasteiger partial charge is 0.258 e. The van der Waals surface area contributed by atoms with Crippen LogP contribution in [-0.4, -0.2) is 84.6 Å². The third-order valence-corrected chi connectivity index (χ3v) is 7.81. The Bertz CT molecular complexity index is 1280. The van der Waals surface area contributed by atoms with Gasteiger partial charge in [0.25, 0.3) is 5.91 Å². The van der Waals surface area contributed by atoms with Gasteiger partial charge >= 0.3 is 0 Å². The average Bonchev–Trinajstić information content (AvgIpc) is 2.96. The second-order valence-corrected chi connectivity index (χ2v) is 10.6. The molecule has 3 amide bonds. The number of nitriles is 1. The molecule has 0 spiro atoms. The van der Waals surface area contributed by atoms with E-state index in [1.54, 1.807) is 35.2 Å². The summed E-state index contributed by atoms with van der Waals surface area (Å²) in [7, 11) is 0. The van der Waals surface area contributed by atoms with Crippen LogP contribution >= 0.6 is 0 Å². The van der Waals surface area contributed by atoms with Gasteiger partial charge in [-0.1, -0.05) is 24.3 Å². The number of rotatable bonds is 3. The quantitative estimate of drug-likeness (QED) is 0.603. The molecule has 2 aromatic carbocycles. The molecular formula is C30H35N5O5. The standard InChI is InChI=1S/C30H35N5O5/c1-20(36)33-25-11-10-23-12-15-39-27-5-3-2-4-24(27)30(38)35-14-13-34(18-22-8-6-21(16-31)7-9-22)19-26(35)29(37)32-17-28(25)40-23/h2-9,23,25-26,28H,10-15,17-19H2,1H3,(H,32,37)(H,33,36)/t23-,25+,26-,28+/m0/s1. The lowest BCUT2D eigenvalue weighted by Gasteiger charge is -2.42. The van der Waals surface area contributed by atoms with Crippen molar-refractivity contribution in [1.29, 1.82) is 5.26 Å². The van der Waals surface area contributed by atoms with Crippen molar-refractivity contribution in [3.05, 3.63) is 65.2 Å². The van der Waals surface area contributed by atoms with Crippen LogP contribution in [0.5, 0.6) is 5.75 Å². The largest absolute Gasteiger partial charge is 0.493 e. The van der Waals surface area contributed by atoms with E-state index in [2.05, 4.69) is 21.6 Å². The Morgan fingerprint density at radius 2 is 1.90 bits per heavy atom. The maximum Gasteiger partial charge on any atom is 0.258 e. The van der Waals surface area contributed by atoms with E-state index in [0.29, 0.717) is 56.1 Å². The fraction of sp³-hybridized carbons (Fsp3) is 0.467. The summed E-state index contributed by atoms with van der Waals surface area (Å²) < 4.78 is 12.4. The summed E-state index contributed by atoms with van der Waals surface area (Å²) in [6.07, 6.45) is 1.68. The highest BCUT2D eigenvalue weighted by molar-refractivity contribution is 6.00. The van der Waals surface area contributed by atoms with E-state index in [1.165, 1.54) is 6.92 Å². The number of fused-ring (bicyclic) bond motifs is 4. The van der Waals surface area contributed by atoms with Crippen LogP contribution in [0, 0.1) is 11.3 Å². The van der Waals surface area contributed by atoms with Crippen LogP contribution in [-0.2, 0) is 20.9 Å². The summed E-state index contributed by atoms with van der Waals surface area (Å²) >= 11 is 0. The molecule has 3 aliphatic heterocycles. The fourth-order valence-electron chi connectivity index (χ4n) is 5.73. The van der Waals surface area contributed by atoms with Gasteiger partial charge in [0.2, 0.25) is 11.8 Å². The summed E-state index contributed by atoms with van der Waals surface area (Å²) in [5, 5.41) is 15.1. The van der Waals surface area contributed by atoms with E-state index in [0.717, 1.165) is 18.4 Å². The Balaban J connectivity index is 1.40. The number of para-hydroxylation sites is 1. The number of hydrogen-bond donors (Lipinski definition) is 2. The van der Waals surface area contributed by atoms with Gasteiger partial charge in [-0.25, -0.2) is 0 Å². The molecule has 10 nitrogen and oxygen atoms in total. The molecule has 0 aliphatic carbocycles. The molecule has 0 unspecified atom stereocenters. The molecule has 10 heteroatoms. The van der Waals surface area contributed by atoms with Crippen molar-refractivity contribution in [3.8, 4) is 11.8 Å². The summed E-state index contributed by atoms with van der Waals surface area (Å²) in [6, 6.07) is 15.7. The van der Waals surface area contributed by atoms with Gasteiger partial charge in [0.1, 0.15) is 11.8 Å². The van der Waals surface area contributed by atoms with E-state index < -0.39 is 6.04 Å². The van der Waals surface area contributed by atoms with Crippen molar-refractivity contribution in [1.82, 2.24) is 20.4 Å². The zero-order chi connectivity index (χ0) is 28.1. The summed E-state index contributed by atoms with van der Waals surface area (Å²) in [5.74, 6) is -0.147. The predicted molar refractivity (Wildman–Crippen MR) is 146 cm³/mol. The number of hydrogen-bond acceptors (Lipinski definition) is 7. The minimum Gasteiger partial charge on any atom is -0.493 e. The topological polar surface area (TPSA) is 124 Å². The molecule has 2 N–H and O–H groups in total. The van der Waals surface area contributed by atoms with Crippen molar-refractivity contribution < 1.29 is 23.9 Å². The monoisotopic (exact) mass is 545 g/mol. The minimum atomic E-state index is -0.728. The molecule has 0 radical (unpaired) electrons. The zero-order valence-corrected chi connectivity index (χ0v) is 22.7. The SMILES string of the molecule is CC(=O)N[C@@H]1CC[C@H]2CCOc3ccccc3C(=O)N3CCN(Cc4ccc(C#N)cc4)C[C@H]3C(=O)NC[C@H]1O2. The second kappa shape index (κ2) is 12.5. The van der Waals surface area contributed by atoms with Crippen LogP contribution < -0.4 is 15.4 Å². The first-order chi connectivity index (χ1) is 19.4. The Morgan fingerprint density at radius 3 is 2.67 bits per heavy atom. The Kier molecular flexibility index (Phi) is 8.63. The number of ether oxygens (including phenoxy) is 2. The molecule has 3 aliphatic rings. The first kappa shape index (κ1) is 27.6. The lowest BCUT2D eigenvalue weighted by Crippen LogP contribution is -2.61. The van der Waals surface area contributed by atoms with Crippen LogP contribution in [0.1, 0.15) is 47.7 Å². The van der Waals surface area contributed by atoms with Crippen molar-refractivity contribution in [2.45, 2.75) is 57.0 Å². The Labute approximate surface area is 234 Å². The first-order valence-electron chi connectivity index (χ1n) is 13.9. The van der Waals surface area contributed by atoms with Crippen LogP contribution in [0.3, 0.4) is 0 Å². The molecule has 2 fully saturated rings. The Morgan fingerprint density at radius 1 is 1.10 bits per heavy atom. The third kappa shape index (κ3) is 6.43. The molecule has 2 saturated heterocycles. The molecular weight excluding hydrogens is 510 g/mol. The van der Waals surface area contributed by atoms with Gasteiger partial charge < -0.3 is 25.0 Å². The molecule has 4 atom stereocenters. The third-order valence-electron chi connectivity index (χ3n) is 7.81. The van der Waals surface area contributed by atoms with Gasteiger partial charge in [-0.2, -0.15) is 5.26 Å². The van der Waals surface area contributed by atoms with Crippen molar-refractivity contribution in [2.24, 2.45) is 0 Å². The number of carbonyl (C=O) groups is 3. The highest BCUT2D eigenvalue weighted by Gasteiger charge is 2.38. The van der Waals surface area contributed by atoms with E-state index in [-0.39, 0.29) is 42.5 Å². The number of nitrogens with one attached hydrogen (secondary N) is 2. The van der Waals surface area contributed by atoms with E-state index in [9.17, 15) is 14.4 Å². The van der Waals surface area contributed by atoms with Gasteiger partial charge in [0, 0.05) is 46.1 Å². The van der Waals surface area contributed by atoms with Gasteiger partial charge in [-0.3, -0.25) is 19.3 Å². The van der Waals surface area contributed by atoms with Crippen molar-refractivity contribution >= 4 is 17.7 Å². The van der Waals surface area contributed by atoms with E-state index in [4.69, 9.17) is 14.7 Å². The van der Waals surface area contributed by atoms with Crippen LogP contribution in [0.2, 0.25) is 0 Å². The second-order valence-electron chi connectivity index (χ2n) is 10.6. The molecule has 40 heavy (non-hydrogen) atoms. The highest BCUT2D eigenvalue weighted by atomic mass is 16.5. The van der Waals surface area contributed by atoms with Crippen molar-refractivity contribution in [3.63, 3.8) is 0 Å². The maximum absolute atomic E-state index is 13.8. The molecule has 2 bridgehead atoms. The fourth-order valence-corrected chi connectivity index (χ4v) is 5.73. The molecule has 3 heterocycles. The molecule has 2 aromatic rings. The van der Waals surface area contributed by atoms with Gasteiger partial charge in [-0.05, 0) is 42.7 Å². The highest BCUT2D eigenvalue weighted by Crippen LogP contribution is 2.26. The molecule has 0 saturated carbocycles. The zero-order valence-electron chi connectivity index (χ0n) is 22.7. The van der Waals surface area contributed by atoms with Crippen LogP contribution in [0.4, 0.5) is 0 Å². The van der Waals surface area contributed by atoms with E-state index >= 15 is 0 Å². The van der Waals surface area contributed by atoms with Crippen molar-refractivity contribution in [2.75, 3.05) is 32.8 Å². The minimum absolute atomic E-state index is 0.0770. The van der Waals surface area contributed by atoms with E-state index in [1.807, 2.05) is 18.2 Å². The lowest BCUT2D eigenvalue weighted by molar-refractivity contribution is -0.131. The van der Waals surface area contributed by atoms with Gasteiger partial charge in [-0.15, -0.1) is 0 Å².